The smallest absolute Gasteiger partial charge is 0.0471 e. The van der Waals surface area contributed by atoms with Crippen LogP contribution in [0.15, 0.2) is 18.2 Å². The summed E-state index contributed by atoms with van der Waals surface area (Å²) >= 11 is 6.45. The van der Waals surface area contributed by atoms with E-state index in [1.807, 2.05) is 6.07 Å². The van der Waals surface area contributed by atoms with E-state index in [0.29, 0.717) is 0 Å². The SMILES string of the molecule is CCCNCc1c(Cl)cccc1N1CCN(C)C(C)(C)C1. The van der Waals surface area contributed by atoms with E-state index >= 15 is 0 Å². The molecule has 1 heterocycles. The molecular weight excluding hydrogens is 282 g/mol. The topological polar surface area (TPSA) is 18.5 Å². The molecule has 2 rings (SSSR count). The molecule has 0 radical (unpaired) electrons. The van der Waals surface area contributed by atoms with Crippen LogP contribution in [0.5, 0.6) is 0 Å². The third-order valence-corrected chi connectivity index (χ3v) is 4.83. The molecule has 0 amide bonds. The fourth-order valence-corrected chi connectivity index (χ4v) is 3.09. The number of hydrogen-bond acceptors (Lipinski definition) is 3. The average molecular weight is 310 g/mol. The van der Waals surface area contributed by atoms with Gasteiger partial charge in [-0.1, -0.05) is 24.6 Å². The molecule has 0 atom stereocenters. The molecule has 1 fully saturated rings. The molecule has 1 aliphatic rings. The molecule has 0 saturated carbocycles. The molecule has 0 bridgehead atoms. The molecule has 3 nitrogen and oxygen atoms in total. The van der Waals surface area contributed by atoms with Gasteiger partial charge in [-0.15, -0.1) is 0 Å². The lowest BCUT2D eigenvalue weighted by Gasteiger charge is -2.46. The zero-order valence-corrected chi connectivity index (χ0v) is 14.5. The molecule has 0 aromatic heterocycles. The van der Waals surface area contributed by atoms with Gasteiger partial charge in [-0.2, -0.15) is 0 Å². The maximum absolute atomic E-state index is 6.45. The Morgan fingerprint density at radius 3 is 2.71 bits per heavy atom. The second kappa shape index (κ2) is 6.99. The van der Waals surface area contributed by atoms with Gasteiger partial charge in [-0.25, -0.2) is 0 Å². The molecular formula is C17H28ClN3. The molecule has 4 heteroatoms. The number of likely N-dealkylation sites (N-methyl/N-ethyl adjacent to an activating group) is 1. The third kappa shape index (κ3) is 3.91. The van der Waals surface area contributed by atoms with Crippen molar-refractivity contribution in [3.63, 3.8) is 0 Å². The van der Waals surface area contributed by atoms with Crippen molar-refractivity contribution in [1.29, 1.82) is 0 Å². The predicted octanol–water partition coefficient (Wildman–Crippen LogP) is 3.37. The highest BCUT2D eigenvalue weighted by molar-refractivity contribution is 6.31. The van der Waals surface area contributed by atoms with Crippen molar-refractivity contribution < 1.29 is 0 Å². The van der Waals surface area contributed by atoms with Gasteiger partial charge in [-0.05, 0) is 46.0 Å². The number of nitrogens with one attached hydrogen (secondary N) is 1. The summed E-state index contributed by atoms with van der Waals surface area (Å²) in [4.78, 5) is 4.91. The third-order valence-electron chi connectivity index (χ3n) is 4.48. The lowest BCUT2D eigenvalue weighted by molar-refractivity contribution is 0.139. The number of rotatable bonds is 5. The Labute approximate surface area is 134 Å². The Morgan fingerprint density at radius 2 is 2.05 bits per heavy atom. The van der Waals surface area contributed by atoms with Gasteiger partial charge in [0.05, 0.1) is 0 Å². The number of benzene rings is 1. The predicted molar refractivity (Wildman–Crippen MR) is 92.4 cm³/mol. The fraction of sp³-hybridized carbons (Fsp3) is 0.647. The van der Waals surface area contributed by atoms with Crippen LogP contribution in [-0.4, -0.2) is 43.7 Å². The number of anilines is 1. The Balaban J connectivity index is 2.21. The van der Waals surface area contributed by atoms with E-state index in [1.54, 1.807) is 0 Å². The van der Waals surface area contributed by atoms with Gasteiger partial charge in [0.15, 0.2) is 0 Å². The highest BCUT2D eigenvalue weighted by Gasteiger charge is 2.31. The molecule has 1 saturated heterocycles. The minimum Gasteiger partial charge on any atom is -0.368 e. The van der Waals surface area contributed by atoms with Gasteiger partial charge in [0.1, 0.15) is 0 Å². The maximum atomic E-state index is 6.45. The van der Waals surface area contributed by atoms with Crippen molar-refractivity contribution in [1.82, 2.24) is 10.2 Å². The van der Waals surface area contributed by atoms with E-state index in [1.165, 1.54) is 11.3 Å². The highest BCUT2D eigenvalue weighted by Crippen LogP contribution is 2.31. The van der Waals surface area contributed by atoms with Crippen LogP contribution >= 0.6 is 11.6 Å². The first-order valence-corrected chi connectivity index (χ1v) is 8.28. The van der Waals surface area contributed by atoms with Gasteiger partial charge in [-0.3, -0.25) is 4.90 Å². The summed E-state index contributed by atoms with van der Waals surface area (Å²) < 4.78 is 0. The molecule has 0 aliphatic carbocycles. The molecule has 1 aromatic carbocycles. The largest absolute Gasteiger partial charge is 0.368 e. The zero-order valence-electron chi connectivity index (χ0n) is 13.7. The van der Waals surface area contributed by atoms with Gasteiger partial charge in [0.25, 0.3) is 0 Å². The second-order valence-electron chi connectivity index (χ2n) is 6.57. The van der Waals surface area contributed by atoms with Crippen LogP contribution < -0.4 is 10.2 Å². The number of halogens is 1. The Kier molecular flexibility index (Phi) is 5.53. The first-order valence-electron chi connectivity index (χ1n) is 7.90. The lowest BCUT2D eigenvalue weighted by atomic mass is 9.98. The molecule has 0 unspecified atom stereocenters. The van der Waals surface area contributed by atoms with Gasteiger partial charge < -0.3 is 10.2 Å². The van der Waals surface area contributed by atoms with Crippen LogP contribution in [0.25, 0.3) is 0 Å². The van der Waals surface area contributed by atoms with Crippen LogP contribution in [0.3, 0.4) is 0 Å². The monoisotopic (exact) mass is 309 g/mol. The second-order valence-corrected chi connectivity index (χ2v) is 6.98. The van der Waals surface area contributed by atoms with E-state index in [2.05, 4.69) is 55.1 Å². The van der Waals surface area contributed by atoms with E-state index in [9.17, 15) is 0 Å². The molecule has 0 spiro atoms. The van der Waals surface area contributed by atoms with Crippen LogP contribution in [0.2, 0.25) is 5.02 Å². The summed E-state index contributed by atoms with van der Waals surface area (Å²) in [7, 11) is 2.21. The van der Waals surface area contributed by atoms with Gasteiger partial charge >= 0.3 is 0 Å². The average Bonchev–Trinajstić information content (AvgIpc) is 2.44. The fourth-order valence-electron chi connectivity index (χ4n) is 2.85. The quantitative estimate of drug-likeness (QED) is 0.841. The Morgan fingerprint density at radius 1 is 1.29 bits per heavy atom. The van der Waals surface area contributed by atoms with Crippen LogP contribution in [0.1, 0.15) is 32.8 Å². The summed E-state index contributed by atoms with van der Waals surface area (Å²) in [5, 5.41) is 4.35. The molecule has 118 valence electrons. The molecule has 1 aliphatic heterocycles. The Hall–Kier alpha value is -0.770. The highest BCUT2D eigenvalue weighted by atomic mass is 35.5. The van der Waals surface area contributed by atoms with Gasteiger partial charge in [0, 0.05) is 48.0 Å². The van der Waals surface area contributed by atoms with Crippen molar-refractivity contribution in [2.45, 2.75) is 39.3 Å². The zero-order chi connectivity index (χ0) is 15.5. The minimum atomic E-state index is 0.189. The molecule has 1 aromatic rings. The number of hydrogen-bond donors (Lipinski definition) is 1. The summed E-state index contributed by atoms with van der Waals surface area (Å²) in [5.74, 6) is 0. The van der Waals surface area contributed by atoms with E-state index in [0.717, 1.165) is 44.2 Å². The van der Waals surface area contributed by atoms with Crippen molar-refractivity contribution in [2.24, 2.45) is 0 Å². The van der Waals surface area contributed by atoms with E-state index in [-0.39, 0.29) is 5.54 Å². The molecule has 21 heavy (non-hydrogen) atoms. The summed E-state index contributed by atoms with van der Waals surface area (Å²) in [6.07, 6.45) is 1.14. The number of piperazine rings is 1. The number of nitrogens with zero attached hydrogens (tertiary/aromatic N) is 2. The van der Waals surface area contributed by atoms with Crippen molar-refractivity contribution in [3.8, 4) is 0 Å². The van der Waals surface area contributed by atoms with Crippen LogP contribution in [0, 0.1) is 0 Å². The van der Waals surface area contributed by atoms with Crippen molar-refractivity contribution in [3.05, 3.63) is 28.8 Å². The van der Waals surface area contributed by atoms with Crippen LogP contribution in [0.4, 0.5) is 5.69 Å². The molecule has 1 N–H and O–H groups in total. The van der Waals surface area contributed by atoms with E-state index in [4.69, 9.17) is 11.6 Å². The summed E-state index contributed by atoms with van der Waals surface area (Å²) in [5.41, 5.74) is 2.70. The maximum Gasteiger partial charge on any atom is 0.0471 e. The first kappa shape index (κ1) is 16.6. The normalized spacial score (nSPS) is 19.0. The minimum absolute atomic E-state index is 0.189. The lowest BCUT2D eigenvalue weighted by Crippen LogP contribution is -2.57. The Bertz CT molecular complexity index is 473. The standard InChI is InChI=1S/C17H28ClN3/c1-5-9-19-12-14-15(18)7-6-8-16(14)21-11-10-20(4)17(2,3)13-21/h6-8,19H,5,9-13H2,1-4H3. The first-order chi connectivity index (χ1) is 9.95. The van der Waals surface area contributed by atoms with Crippen molar-refractivity contribution in [2.75, 3.05) is 38.1 Å². The van der Waals surface area contributed by atoms with Gasteiger partial charge in [0.2, 0.25) is 0 Å². The van der Waals surface area contributed by atoms with E-state index < -0.39 is 0 Å². The summed E-state index contributed by atoms with van der Waals surface area (Å²) in [6, 6.07) is 6.26. The van der Waals surface area contributed by atoms with Crippen molar-refractivity contribution >= 4 is 17.3 Å². The van der Waals surface area contributed by atoms with Crippen LogP contribution in [-0.2, 0) is 6.54 Å². The summed E-state index contributed by atoms with van der Waals surface area (Å²) in [6.45, 7) is 11.8.